The average molecular weight is 272 g/mol. The van der Waals surface area contributed by atoms with Crippen LogP contribution in [0.15, 0.2) is 0 Å². The molecule has 1 aliphatic carbocycles. The molecule has 1 unspecified atom stereocenters. The quantitative estimate of drug-likeness (QED) is 0.489. The molecule has 0 aliphatic heterocycles. The van der Waals surface area contributed by atoms with Crippen LogP contribution in [0, 0.1) is 5.41 Å². The van der Waals surface area contributed by atoms with Crippen LogP contribution in [-0.2, 0) is 14.4 Å². The first-order valence-electron chi connectivity index (χ1n) is 6.31. The Morgan fingerprint density at radius 1 is 1.21 bits per heavy atom. The summed E-state index contributed by atoms with van der Waals surface area (Å²) in [7, 11) is 0. The van der Waals surface area contributed by atoms with E-state index in [1.54, 1.807) is 0 Å². The van der Waals surface area contributed by atoms with Gasteiger partial charge in [-0.3, -0.25) is 14.4 Å². The standard InChI is InChI=1S/C12H20N2O5/c13-8(2-3-9(15)16)11(19)14-7-12(4-1-5-12)6-10(17)18/h8H,1-7,13H2,(H,14,19)(H,15,16)(H,17,18). The molecule has 19 heavy (non-hydrogen) atoms. The van der Waals surface area contributed by atoms with Gasteiger partial charge in [0.2, 0.25) is 5.91 Å². The summed E-state index contributed by atoms with van der Waals surface area (Å²) in [6, 6.07) is -0.863. The second-order valence-corrected chi connectivity index (χ2v) is 5.18. The Bertz CT molecular complexity index is 365. The van der Waals surface area contributed by atoms with Crippen molar-refractivity contribution in [2.45, 2.75) is 44.6 Å². The molecule has 1 rings (SSSR count). The summed E-state index contributed by atoms with van der Waals surface area (Å²) >= 11 is 0. The lowest BCUT2D eigenvalue weighted by Gasteiger charge is -2.41. The zero-order chi connectivity index (χ0) is 14.5. The Balaban J connectivity index is 2.35. The van der Waals surface area contributed by atoms with Crippen LogP contribution < -0.4 is 11.1 Å². The van der Waals surface area contributed by atoms with E-state index < -0.39 is 23.9 Å². The summed E-state index contributed by atoms with van der Waals surface area (Å²) in [6.45, 7) is 0.291. The Morgan fingerprint density at radius 2 is 1.84 bits per heavy atom. The minimum Gasteiger partial charge on any atom is -0.481 e. The van der Waals surface area contributed by atoms with Gasteiger partial charge < -0.3 is 21.3 Å². The third kappa shape index (κ3) is 4.86. The second-order valence-electron chi connectivity index (χ2n) is 5.18. The molecule has 5 N–H and O–H groups in total. The first kappa shape index (κ1) is 15.4. The minimum atomic E-state index is -0.996. The maximum atomic E-state index is 11.7. The van der Waals surface area contributed by atoms with Crippen LogP contribution in [0.5, 0.6) is 0 Å². The summed E-state index contributed by atoms with van der Waals surface area (Å²) in [5.74, 6) is -2.29. The molecule has 1 aliphatic rings. The molecule has 0 aromatic rings. The van der Waals surface area contributed by atoms with Gasteiger partial charge in [0.05, 0.1) is 12.5 Å². The van der Waals surface area contributed by atoms with Gasteiger partial charge in [-0.1, -0.05) is 6.42 Å². The zero-order valence-electron chi connectivity index (χ0n) is 10.7. The van der Waals surface area contributed by atoms with Gasteiger partial charge in [0.25, 0.3) is 0 Å². The van der Waals surface area contributed by atoms with Gasteiger partial charge in [-0.2, -0.15) is 0 Å². The molecule has 0 aromatic heterocycles. The average Bonchev–Trinajstić information content (AvgIpc) is 2.28. The third-order valence-electron chi connectivity index (χ3n) is 3.58. The van der Waals surface area contributed by atoms with E-state index in [2.05, 4.69) is 5.32 Å². The van der Waals surface area contributed by atoms with Gasteiger partial charge in [0.15, 0.2) is 0 Å². The lowest BCUT2D eigenvalue weighted by Crippen LogP contribution is -2.48. The fraction of sp³-hybridized carbons (Fsp3) is 0.750. The highest BCUT2D eigenvalue weighted by Crippen LogP contribution is 2.43. The van der Waals surface area contributed by atoms with Crippen molar-refractivity contribution < 1.29 is 24.6 Å². The van der Waals surface area contributed by atoms with Crippen LogP contribution in [0.1, 0.15) is 38.5 Å². The second kappa shape index (κ2) is 6.51. The van der Waals surface area contributed by atoms with E-state index in [-0.39, 0.29) is 24.7 Å². The SMILES string of the molecule is NC(CCC(=O)O)C(=O)NCC1(CC(=O)O)CCC1. The summed E-state index contributed by atoms with van der Waals surface area (Å²) in [4.78, 5) is 32.8. The molecule has 7 heteroatoms. The lowest BCUT2D eigenvalue weighted by molar-refractivity contribution is -0.142. The van der Waals surface area contributed by atoms with Crippen molar-refractivity contribution in [2.24, 2.45) is 11.1 Å². The predicted molar refractivity (Wildman–Crippen MR) is 66.4 cm³/mol. The number of carboxylic acids is 2. The molecule has 0 bridgehead atoms. The molecule has 108 valence electrons. The topological polar surface area (TPSA) is 130 Å². The maximum Gasteiger partial charge on any atom is 0.303 e. The van der Waals surface area contributed by atoms with E-state index in [1.807, 2.05) is 0 Å². The molecule has 0 radical (unpaired) electrons. The number of rotatable bonds is 8. The van der Waals surface area contributed by atoms with Crippen LogP contribution >= 0.6 is 0 Å². The molecular formula is C12H20N2O5. The van der Waals surface area contributed by atoms with Crippen LogP contribution in [0.25, 0.3) is 0 Å². The third-order valence-corrected chi connectivity index (χ3v) is 3.58. The smallest absolute Gasteiger partial charge is 0.303 e. The van der Waals surface area contributed by atoms with E-state index in [9.17, 15) is 14.4 Å². The summed E-state index contributed by atoms with van der Waals surface area (Å²) < 4.78 is 0. The van der Waals surface area contributed by atoms with Crippen molar-refractivity contribution in [3.05, 3.63) is 0 Å². The molecule has 1 fully saturated rings. The summed E-state index contributed by atoms with van der Waals surface area (Å²) in [6.07, 6.45) is 2.49. The van der Waals surface area contributed by atoms with Gasteiger partial charge >= 0.3 is 11.9 Å². The summed E-state index contributed by atoms with van der Waals surface area (Å²) in [5.41, 5.74) is 5.21. The van der Waals surface area contributed by atoms with Crippen LogP contribution in [0.2, 0.25) is 0 Å². The van der Waals surface area contributed by atoms with Gasteiger partial charge in [-0.05, 0) is 24.7 Å². The largest absolute Gasteiger partial charge is 0.481 e. The van der Waals surface area contributed by atoms with Crippen molar-refractivity contribution in [1.82, 2.24) is 5.32 Å². The van der Waals surface area contributed by atoms with Crippen LogP contribution in [-0.4, -0.2) is 40.6 Å². The van der Waals surface area contributed by atoms with E-state index >= 15 is 0 Å². The first-order chi connectivity index (χ1) is 8.84. The zero-order valence-corrected chi connectivity index (χ0v) is 10.7. The number of nitrogens with one attached hydrogen (secondary N) is 1. The fourth-order valence-electron chi connectivity index (χ4n) is 2.23. The fourth-order valence-corrected chi connectivity index (χ4v) is 2.23. The number of hydrogen-bond acceptors (Lipinski definition) is 4. The number of hydrogen-bond donors (Lipinski definition) is 4. The molecule has 7 nitrogen and oxygen atoms in total. The Morgan fingerprint density at radius 3 is 2.26 bits per heavy atom. The first-order valence-corrected chi connectivity index (χ1v) is 6.31. The number of amides is 1. The maximum absolute atomic E-state index is 11.7. The Kier molecular flexibility index (Phi) is 5.29. The van der Waals surface area contributed by atoms with Crippen molar-refractivity contribution in [3.63, 3.8) is 0 Å². The van der Waals surface area contributed by atoms with E-state index in [0.29, 0.717) is 6.54 Å². The number of nitrogens with two attached hydrogens (primary N) is 1. The number of aliphatic carboxylic acids is 2. The number of carbonyl (C=O) groups excluding carboxylic acids is 1. The molecule has 1 amide bonds. The highest BCUT2D eigenvalue weighted by molar-refractivity contribution is 5.82. The minimum absolute atomic E-state index is 0.0393. The molecule has 1 saturated carbocycles. The monoisotopic (exact) mass is 272 g/mol. The predicted octanol–water partition coefficient (Wildman–Crippen LogP) is -0.0603. The van der Waals surface area contributed by atoms with Crippen LogP contribution in [0.4, 0.5) is 0 Å². The molecular weight excluding hydrogens is 252 g/mol. The van der Waals surface area contributed by atoms with E-state index in [4.69, 9.17) is 15.9 Å². The molecule has 0 spiro atoms. The highest BCUT2D eigenvalue weighted by Gasteiger charge is 2.39. The van der Waals surface area contributed by atoms with E-state index in [0.717, 1.165) is 19.3 Å². The van der Waals surface area contributed by atoms with Gasteiger partial charge in [-0.25, -0.2) is 0 Å². The highest BCUT2D eigenvalue weighted by atomic mass is 16.4. The van der Waals surface area contributed by atoms with Crippen molar-refractivity contribution in [3.8, 4) is 0 Å². The van der Waals surface area contributed by atoms with Gasteiger partial charge in [-0.15, -0.1) is 0 Å². The van der Waals surface area contributed by atoms with Crippen LogP contribution in [0.3, 0.4) is 0 Å². The molecule has 0 heterocycles. The lowest BCUT2D eigenvalue weighted by atomic mass is 9.66. The van der Waals surface area contributed by atoms with Crippen molar-refractivity contribution in [2.75, 3.05) is 6.54 Å². The van der Waals surface area contributed by atoms with Gasteiger partial charge in [0, 0.05) is 13.0 Å². The van der Waals surface area contributed by atoms with E-state index in [1.165, 1.54) is 0 Å². The molecule has 0 saturated heterocycles. The van der Waals surface area contributed by atoms with Crippen molar-refractivity contribution >= 4 is 17.8 Å². The number of carbonyl (C=O) groups is 3. The van der Waals surface area contributed by atoms with Gasteiger partial charge in [0.1, 0.15) is 0 Å². The normalized spacial score (nSPS) is 18.2. The molecule has 0 aromatic carbocycles. The summed E-state index contributed by atoms with van der Waals surface area (Å²) in [5, 5.41) is 20.0. The Hall–Kier alpha value is -1.63. The number of carboxylic acid groups (broad SMARTS) is 2. The Labute approximate surface area is 111 Å². The molecule has 1 atom stereocenters. The van der Waals surface area contributed by atoms with Crippen molar-refractivity contribution in [1.29, 1.82) is 0 Å².